The molecule has 0 fully saturated rings. The Hall–Kier alpha value is -4.00. The molecule has 164 valence electrons. The number of ether oxygens (including phenoxy) is 2. The van der Waals surface area contributed by atoms with E-state index in [0.29, 0.717) is 23.2 Å². The lowest BCUT2D eigenvalue weighted by Gasteiger charge is -2.23. The Labute approximate surface area is 190 Å². The van der Waals surface area contributed by atoms with Crippen LogP contribution in [0.3, 0.4) is 0 Å². The first-order valence-electron chi connectivity index (χ1n) is 10.8. The highest BCUT2D eigenvalue weighted by Gasteiger charge is 2.51. The molecule has 1 aliphatic carbocycles. The van der Waals surface area contributed by atoms with Crippen LogP contribution < -0.4 is 4.74 Å². The highest BCUT2D eigenvalue weighted by molar-refractivity contribution is 5.96. The van der Waals surface area contributed by atoms with Crippen molar-refractivity contribution in [3.8, 4) is 17.5 Å². The number of nitrogens with zero attached hydrogens (tertiary/aromatic N) is 4. The Bertz CT molecular complexity index is 1450. The molecule has 4 heterocycles. The van der Waals surface area contributed by atoms with Gasteiger partial charge in [0.2, 0.25) is 17.7 Å². The van der Waals surface area contributed by atoms with Crippen LogP contribution in [0.4, 0.5) is 0 Å². The number of phenolic OH excluding ortho intramolecular Hbond substituents is 1. The van der Waals surface area contributed by atoms with Crippen molar-refractivity contribution in [2.24, 2.45) is 4.99 Å². The molecule has 0 saturated heterocycles. The number of aliphatic imine (C=N–C) groups is 1. The minimum atomic E-state index is -0.169. The molecule has 2 atom stereocenters. The van der Waals surface area contributed by atoms with E-state index in [1.807, 2.05) is 37.4 Å². The number of rotatable bonds is 3. The van der Waals surface area contributed by atoms with E-state index in [-0.39, 0.29) is 23.3 Å². The summed E-state index contributed by atoms with van der Waals surface area (Å²) in [4.78, 5) is 18.0. The highest BCUT2D eigenvalue weighted by atomic mass is 16.5. The number of benzene rings is 1. The maximum atomic E-state index is 10.3. The largest absolute Gasteiger partial charge is 0.506 e. The van der Waals surface area contributed by atoms with Crippen molar-refractivity contribution >= 4 is 16.8 Å². The predicted molar refractivity (Wildman–Crippen MR) is 124 cm³/mol. The summed E-state index contributed by atoms with van der Waals surface area (Å²) in [5.74, 6) is 1.42. The number of aromatic nitrogens is 3. The molecular formula is C26H22N4O3. The maximum absolute atomic E-state index is 10.3. The van der Waals surface area contributed by atoms with Gasteiger partial charge >= 0.3 is 0 Å². The van der Waals surface area contributed by atoms with E-state index >= 15 is 0 Å². The van der Waals surface area contributed by atoms with Gasteiger partial charge in [-0.3, -0.25) is 4.98 Å². The van der Waals surface area contributed by atoms with Gasteiger partial charge in [-0.2, -0.15) is 0 Å². The van der Waals surface area contributed by atoms with Crippen LogP contribution in [0.25, 0.3) is 10.9 Å². The summed E-state index contributed by atoms with van der Waals surface area (Å²) in [6, 6.07) is 12.9. The lowest BCUT2D eigenvalue weighted by atomic mass is 9.84. The molecule has 6 rings (SSSR count). The Morgan fingerprint density at radius 2 is 1.91 bits per heavy atom. The molecule has 7 heteroatoms. The van der Waals surface area contributed by atoms with Gasteiger partial charge in [-0.05, 0) is 48.4 Å². The van der Waals surface area contributed by atoms with Crippen molar-refractivity contribution in [2.45, 2.75) is 38.3 Å². The molecule has 0 unspecified atom stereocenters. The van der Waals surface area contributed by atoms with Crippen LogP contribution in [0.2, 0.25) is 0 Å². The van der Waals surface area contributed by atoms with E-state index in [2.05, 4.69) is 28.8 Å². The van der Waals surface area contributed by atoms with Crippen LogP contribution in [0.1, 0.15) is 42.2 Å². The normalized spacial score (nSPS) is 20.2. The third-order valence-corrected chi connectivity index (χ3v) is 6.46. The van der Waals surface area contributed by atoms with Crippen molar-refractivity contribution in [1.82, 2.24) is 15.0 Å². The standard InChI is InChI=1S/C26H22N4O3/c1-14-10-15-4-5-20(29-22(15)19(31)11-14)32-21-12-16(6-9-28-21)25-30-24-23(33-25)17-7-8-27-13-18(17)26(24,2)3/h4-13,23-24,31H,1-3H3/t23-,24-/m1/s1. The zero-order valence-corrected chi connectivity index (χ0v) is 18.5. The predicted octanol–water partition coefficient (Wildman–Crippen LogP) is 5.01. The third-order valence-electron chi connectivity index (χ3n) is 6.46. The van der Waals surface area contributed by atoms with Gasteiger partial charge in [0.15, 0.2) is 0 Å². The van der Waals surface area contributed by atoms with E-state index in [1.54, 1.807) is 30.6 Å². The first kappa shape index (κ1) is 19.7. The lowest BCUT2D eigenvalue weighted by molar-refractivity contribution is 0.186. The van der Waals surface area contributed by atoms with Crippen LogP contribution in [0, 0.1) is 6.92 Å². The first-order valence-corrected chi connectivity index (χ1v) is 10.8. The second-order valence-corrected chi connectivity index (χ2v) is 9.09. The van der Waals surface area contributed by atoms with Gasteiger partial charge < -0.3 is 14.6 Å². The SMILES string of the molecule is Cc1cc(O)c2nc(Oc3cc(C4=N[C@@H]5[C@H](O4)c4ccncc4C5(C)C)ccn3)ccc2c1. The van der Waals surface area contributed by atoms with Crippen LogP contribution >= 0.6 is 0 Å². The molecule has 0 saturated carbocycles. The number of fused-ring (bicyclic) bond motifs is 4. The summed E-state index contributed by atoms with van der Waals surface area (Å²) in [6.45, 7) is 6.28. The zero-order valence-electron chi connectivity index (χ0n) is 18.5. The second kappa shape index (κ2) is 7.00. The molecule has 33 heavy (non-hydrogen) atoms. The van der Waals surface area contributed by atoms with E-state index in [0.717, 1.165) is 22.1 Å². The molecule has 1 N–H and O–H groups in total. The van der Waals surface area contributed by atoms with Gasteiger partial charge in [0.1, 0.15) is 23.4 Å². The lowest BCUT2D eigenvalue weighted by Crippen LogP contribution is -2.28. The average Bonchev–Trinajstić information content (AvgIpc) is 3.33. The Balaban J connectivity index is 1.29. The monoisotopic (exact) mass is 438 g/mol. The van der Waals surface area contributed by atoms with E-state index < -0.39 is 0 Å². The number of pyridine rings is 3. The van der Waals surface area contributed by atoms with E-state index in [4.69, 9.17) is 14.5 Å². The average molecular weight is 438 g/mol. The molecule has 2 aliphatic rings. The van der Waals surface area contributed by atoms with Crippen LogP contribution in [-0.2, 0) is 10.2 Å². The molecule has 4 aromatic rings. The quantitative estimate of drug-likeness (QED) is 0.484. The Morgan fingerprint density at radius 1 is 1.03 bits per heavy atom. The van der Waals surface area contributed by atoms with E-state index in [1.165, 1.54) is 5.56 Å². The number of hydrogen-bond acceptors (Lipinski definition) is 7. The fraction of sp³-hybridized carbons (Fsp3) is 0.231. The summed E-state index contributed by atoms with van der Waals surface area (Å²) in [7, 11) is 0. The summed E-state index contributed by atoms with van der Waals surface area (Å²) in [5, 5.41) is 11.1. The molecule has 0 bridgehead atoms. The van der Waals surface area contributed by atoms with E-state index in [9.17, 15) is 5.11 Å². The first-order chi connectivity index (χ1) is 15.9. The third kappa shape index (κ3) is 3.11. The van der Waals surface area contributed by atoms with Gasteiger partial charge in [-0.15, -0.1) is 0 Å². The topological polar surface area (TPSA) is 89.7 Å². The molecule has 0 spiro atoms. The maximum Gasteiger partial charge on any atom is 0.222 e. The number of hydrogen-bond donors (Lipinski definition) is 1. The zero-order chi connectivity index (χ0) is 22.7. The van der Waals surface area contributed by atoms with Crippen LogP contribution in [-0.4, -0.2) is 32.0 Å². The van der Waals surface area contributed by atoms with Crippen molar-refractivity contribution < 1.29 is 14.6 Å². The van der Waals surface area contributed by atoms with Crippen molar-refractivity contribution in [3.63, 3.8) is 0 Å². The summed E-state index contributed by atoms with van der Waals surface area (Å²) < 4.78 is 12.2. The Morgan fingerprint density at radius 3 is 2.79 bits per heavy atom. The summed E-state index contributed by atoms with van der Waals surface area (Å²) in [5.41, 5.74) is 4.40. The van der Waals surface area contributed by atoms with Gasteiger partial charge in [0, 0.05) is 52.7 Å². The minimum absolute atomic E-state index is 0.0159. The fourth-order valence-electron chi connectivity index (χ4n) is 4.78. The van der Waals surface area contributed by atoms with Gasteiger partial charge in [0.05, 0.1) is 0 Å². The summed E-state index contributed by atoms with van der Waals surface area (Å²) in [6.07, 6.45) is 5.25. The van der Waals surface area contributed by atoms with Gasteiger partial charge in [-0.1, -0.05) is 13.8 Å². The van der Waals surface area contributed by atoms with Gasteiger partial charge in [-0.25, -0.2) is 15.0 Å². The van der Waals surface area contributed by atoms with Crippen molar-refractivity contribution in [2.75, 3.05) is 0 Å². The number of aryl methyl sites for hydroxylation is 1. The van der Waals surface area contributed by atoms with Crippen molar-refractivity contribution in [3.05, 3.63) is 83.3 Å². The molecule has 0 amide bonds. The smallest absolute Gasteiger partial charge is 0.222 e. The molecule has 3 aromatic heterocycles. The second-order valence-electron chi connectivity index (χ2n) is 9.09. The highest BCUT2D eigenvalue weighted by Crippen LogP contribution is 2.50. The summed E-state index contributed by atoms with van der Waals surface area (Å²) >= 11 is 0. The van der Waals surface area contributed by atoms with Crippen LogP contribution in [0.5, 0.6) is 17.5 Å². The van der Waals surface area contributed by atoms with Crippen molar-refractivity contribution in [1.29, 1.82) is 0 Å². The van der Waals surface area contributed by atoms with Crippen LogP contribution in [0.15, 0.2) is 66.0 Å². The minimum Gasteiger partial charge on any atom is -0.506 e. The Kier molecular flexibility index (Phi) is 4.17. The number of phenols is 1. The number of aromatic hydroxyl groups is 1. The molecular weight excluding hydrogens is 416 g/mol. The molecule has 7 nitrogen and oxygen atoms in total. The molecule has 1 aromatic carbocycles. The van der Waals surface area contributed by atoms with Gasteiger partial charge in [0.25, 0.3) is 0 Å². The fourth-order valence-corrected chi connectivity index (χ4v) is 4.78. The molecule has 1 aliphatic heterocycles. The molecule has 0 radical (unpaired) electrons.